The molecule has 3 rings (SSSR count). The minimum Gasteiger partial charge on any atom is -0.393 e. The molecule has 2 aliphatic rings. The fourth-order valence-electron chi connectivity index (χ4n) is 2.81. The molecule has 1 aliphatic heterocycles. The van der Waals surface area contributed by atoms with E-state index in [1.54, 1.807) is 24.8 Å². The number of nitrogen functional groups attached to an aromatic ring is 1. The first-order valence-corrected chi connectivity index (χ1v) is 7.34. The van der Waals surface area contributed by atoms with Crippen molar-refractivity contribution in [3.05, 3.63) is 27.8 Å². The van der Waals surface area contributed by atoms with Crippen molar-refractivity contribution in [2.75, 3.05) is 23.8 Å². The van der Waals surface area contributed by atoms with Crippen molar-refractivity contribution in [2.24, 2.45) is 0 Å². The number of ether oxygens (including phenoxy) is 1. The molecule has 1 fully saturated rings. The first-order valence-electron chi connectivity index (χ1n) is 7.34. The quantitative estimate of drug-likeness (QED) is 0.509. The summed E-state index contributed by atoms with van der Waals surface area (Å²) in [5.74, 6) is -0.0817. The number of nitrogens with two attached hydrogens (primary N) is 1. The maximum atomic E-state index is 12.6. The lowest BCUT2D eigenvalue weighted by atomic mass is 9.86. The van der Waals surface area contributed by atoms with Gasteiger partial charge in [0.2, 0.25) is 5.91 Å². The molecule has 22 heavy (non-hydrogen) atoms. The van der Waals surface area contributed by atoms with E-state index >= 15 is 0 Å². The van der Waals surface area contributed by atoms with Crippen LogP contribution in [0.25, 0.3) is 0 Å². The summed E-state index contributed by atoms with van der Waals surface area (Å²) >= 11 is 0. The number of nitro groups is 1. The predicted molar refractivity (Wildman–Crippen MR) is 81.9 cm³/mol. The van der Waals surface area contributed by atoms with Crippen molar-refractivity contribution in [1.29, 1.82) is 0 Å². The molecule has 118 valence electrons. The number of anilines is 2. The SMILES string of the molecule is CC1(C)C(=O)N(CCOC2CC2)c2cc([N+](=O)[O-])c(N)cc21. The number of nitro benzene ring substituents is 1. The van der Waals surface area contributed by atoms with Gasteiger partial charge in [-0.1, -0.05) is 0 Å². The topological polar surface area (TPSA) is 98.7 Å². The summed E-state index contributed by atoms with van der Waals surface area (Å²) < 4.78 is 5.60. The summed E-state index contributed by atoms with van der Waals surface area (Å²) in [6.07, 6.45) is 2.45. The third kappa shape index (κ3) is 2.31. The molecular formula is C15H19N3O4. The van der Waals surface area contributed by atoms with Gasteiger partial charge in [-0.25, -0.2) is 0 Å². The van der Waals surface area contributed by atoms with E-state index in [2.05, 4.69) is 0 Å². The maximum Gasteiger partial charge on any atom is 0.294 e. The fourth-order valence-corrected chi connectivity index (χ4v) is 2.81. The summed E-state index contributed by atoms with van der Waals surface area (Å²) in [5, 5.41) is 11.1. The van der Waals surface area contributed by atoms with Crippen molar-refractivity contribution in [3.8, 4) is 0 Å². The zero-order chi connectivity index (χ0) is 16.1. The molecule has 0 bridgehead atoms. The standard InChI is InChI=1S/C15H19N3O4/c1-15(2)10-7-11(16)13(18(20)21)8-12(10)17(14(15)19)5-6-22-9-3-4-9/h7-9H,3-6,16H2,1-2H3. The van der Waals surface area contributed by atoms with Gasteiger partial charge < -0.3 is 15.4 Å². The number of carbonyl (C=O) groups is 1. The highest BCUT2D eigenvalue weighted by atomic mass is 16.6. The van der Waals surface area contributed by atoms with Crippen LogP contribution in [0.15, 0.2) is 12.1 Å². The highest BCUT2D eigenvalue weighted by molar-refractivity contribution is 6.08. The zero-order valence-corrected chi connectivity index (χ0v) is 12.7. The molecular weight excluding hydrogens is 286 g/mol. The van der Waals surface area contributed by atoms with Gasteiger partial charge in [-0.2, -0.15) is 0 Å². The van der Waals surface area contributed by atoms with Gasteiger partial charge in [0.25, 0.3) is 5.69 Å². The molecule has 1 heterocycles. The Labute approximate surface area is 128 Å². The number of benzene rings is 1. The smallest absolute Gasteiger partial charge is 0.294 e. The summed E-state index contributed by atoms with van der Waals surface area (Å²) in [6, 6.07) is 2.95. The van der Waals surface area contributed by atoms with Crippen molar-refractivity contribution in [3.63, 3.8) is 0 Å². The van der Waals surface area contributed by atoms with E-state index in [4.69, 9.17) is 10.5 Å². The molecule has 1 aliphatic carbocycles. The van der Waals surface area contributed by atoms with Gasteiger partial charge >= 0.3 is 0 Å². The molecule has 2 N–H and O–H groups in total. The van der Waals surface area contributed by atoms with E-state index in [9.17, 15) is 14.9 Å². The van der Waals surface area contributed by atoms with Crippen LogP contribution in [0, 0.1) is 10.1 Å². The third-order valence-corrected chi connectivity index (χ3v) is 4.28. The monoisotopic (exact) mass is 305 g/mol. The first kappa shape index (κ1) is 14.8. The average Bonchev–Trinajstić information content (AvgIpc) is 3.24. The van der Waals surface area contributed by atoms with Crippen LogP contribution in [0.2, 0.25) is 0 Å². The zero-order valence-electron chi connectivity index (χ0n) is 12.7. The third-order valence-electron chi connectivity index (χ3n) is 4.28. The molecule has 1 aromatic carbocycles. The summed E-state index contributed by atoms with van der Waals surface area (Å²) in [5.41, 5.74) is 6.23. The van der Waals surface area contributed by atoms with Crippen molar-refractivity contribution < 1.29 is 14.5 Å². The van der Waals surface area contributed by atoms with Gasteiger partial charge in [-0.3, -0.25) is 14.9 Å². The van der Waals surface area contributed by atoms with Crippen LogP contribution in [-0.2, 0) is 14.9 Å². The van der Waals surface area contributed by atoms with Crippen LogP contribution < -0.4 is 10.6 Å². The normalized spacial score (nSPS) is 19.4. The molecule has 0 aromatic heterocycles. The second-order valence-corrected chi connectivity index (χ2v) is 6.34. The molecule has 0 saturated heterocycles. The molecule has 7 nitrogen and oxygen atoms in total. The van der Waals surface area contributed by atoms with Crippen LogP contribution in [-0.4, -0.2) is 30.1 Å². The van der Waals surface area contributed by atoms with Gasteiger partial charge in [-0.05, 0) is 38.3 Å². The molecule has 1 amide bonds. The highest BCUT2D eigenvalue weighted by Gasteiger charge is 2.45. The molecule has 1 saturated carbocycles. The Morgan fingerprint density at radius 1 is 1.45 bits per heavy atom. The highest BCUT2D eigenvalue weighted by Crippen LogP contribution is 2.45. The van der Waals surface area contributed by atoms with Crippen molar-refractivity contribution in [1.82, 2.24) is 0 Å². The van der Waals surface area contributed by atoms with Gasteiger partial charge in [-0.15, -0.1) is 0 Å². The Kier molecular flexibility index (Phi) is 3.32. The van der Waals surface area contributed by atoms with Crippen LogP contribution in [0.5, 0.6) is 0 Å². The Hall–Kier alpha value is -2.15. The number of nitrogens with zero attached hydrogens (tertiary/aromatic N) is 2. The Morgan fingerprint density at radius 3 is 2.73 bits per heavy atom. The lowest BCUT2D eigenvalue weighted by molar-refractivity contribution is -0.383. The Morgan fingerprint density at radius 2 is 2.14 bits per heavy atom. The minimum absolute atomic E-state index is 0.0817. The van der Waals surface area contributed by atoms with Gasteiger partial charge in [0.15, 0.2) is 0 Å². The van der Waals surface area contributed by atoms with Crippen LogP contribution in [0.1, 0.15) is 32.3 Å². The Balaban J connectivity index is 1.94. The lowest BCUT2D eigenvalue weighted by Crippen LogP contribution is -2.38. The number of carbonyl (C=O) groups excluding carboxylic acids is 1. The van der Waals surface area contributed by atoms with Gasteiger partial charge in [0.05, 0.1) is 28.7 Å². The van der Waals surface area contributed by atoms with E-state index in [1.165, 1.54) is 6.07 Å². The molecule has 0 atom stereocenters. The fraction of sp³-hybridized carbons (Fsp3) is 0.533. The predicted octanol–water partition coefficient (Wildman–Crippen LogP) is 1.98. The van der Waals surface area contributed by atoms with Crippen LogP contribution >= 0.6 is 0 Å². The van der Waals surface area contributed by atoms with Crippen LogP contribution in [0.4, 0.5) is 17.1 Å². The molecule has 0 radical (unpaired) electrons. The van der Waals surface area contributed by atoms with E-state index in [-0.39, 0.29) is 17.3 Å². The van der Waals surface area contributed by atoms with E-state index < -0.39 is 10.3 Å². The Bertz CT molecular complexity index is 652. The molecule has 0 unspecified atom stereocenters. The summed E-state index contributed by atoms with van der Waals surface area (Å²) in [6.45, 7) is 4.44. The second kappa shape index (κ2) is 4.95. The van der Waals surface area contributed by atoms with Crippen molar-refractivity contribution in [2.45, 2.75) is 38.2 Å². The van der Waals surface area contributed by atoms with E-state index in [1.807, 2.05) is 0 Å². The number of hydrogen-bond donors (Lipinski definition) is 1. The molecule has 1 aromatic rings. The first-order chi connectivity index (χ1) is 10.3. The maximum absolute atomic E-state index is 12.6. The molecule has 0 spiro atoms. The largest absolute Gasteiger partial charge is 0.393 e. The van der Waals surface area contributed by atoms with Crippen LogP contribution in [0.3, 0.4) is 0 Å². The van der Waals surface area contributed by atoms with Crippen molar-refractivity contribution >= 4 is 23.0 Å². The number of amides is 1. The van der Waals surface area contributed by atoms with E-state index in [0.29, 0.717) is 24.9 Å². The van der Waals surface area contributed by atoms with E-state index in [0.717, 1.165) is 18.4 Å². The number of hydrogen-bond acceptors (Lipinski definition) is 5. The van der Waals surface area contributed by atoms with Gasteiger partial charge in [0.1, 0.15) is 5.69 Å². The number of rotatable bonds is 5. The lowest BCUT2D eigenvalue weighted by Gasteiger charge is -2.20. The molecule has 7 heteroatoms. The average molecular weight is 305 g/mol. The minimum atomic E-state index is -0.738. The summed E-state index contributed by atoms with van der Waals surface area (Å²) in [7, 11) is 0. The number of fused-ring (bicyclic) bond motifs is 1. The summed E-state index contributed by atoms with van der Waals surface area (Å²) in [4.78, 5) is 24.8. The second-order valence-electron chi connectivity index (χ2n) is 6.34. The van der Waals surface area contributed by atoms with Gasteiger partial charge in [0, 0.05) is 12.6 Å².